The van der Waals surface area contributed by atoms with Crippen molar-refractivity contribution >= 4 is 28.8 Å². The lowest BCUT2D eigenvalue weighted by Gasteiger charge is -2.26. The predicted octanol–water partition coefficient (Wildman–Crippen LogP) is 3.82. The van der Waals surface area contributed by atoms with Gasteiger partial charge in [-0.25, -0.2) is 4.98 Å². The molecule has 180 valence electrons. The molecule has 4 heterocycles. The molecule has 1 saturated heterocycles. The average Bonchev–Trinajstić information content (AvgIpc) is 2.97. The molecule has 1 N–H and O–H groups in total. The molecule has 0 spiro atoms. The fourth-order valence-electron chi connectivity index (χ4n) is 4.38. The lowest BCUT2D eigenvalue weighted by atomic mass is 10.1. The van der Waals surface area contributed by atoms with Gasteiger partial charge in [0.2, 0.25) is 0 Å². The van der Waals surface area contributed by atoms with Gasteiger partial charge in [-0.3, -0.25) is 9.69 Å². The maximum atomic E-state index is 13.6. The second kappa shape index (κ2) is 8.75. The number of ether oxygens (including phenoxy) is 1. The van der Waals surface area contributed by atoms with Crippen molar-refractivity contribution in [2.45, 2.75) is 19.1 Å². The Morgan fingerprint density at radius 1 is 1.21 bits per heavy atom. The highest BCUT2D eigenvalue weighted by Crippen LogP contribution is 2.38. The molecule has 2 aliphatic rings. The number of carbonyl (C=O) groups excluding carboxylic acids is 1. The third kappa shape index (κ3) is 4.21. The van der Waals surface area contributed by atoms with E-state index in [1.54, 1.807) is 25.2 Å². The molecule has 2 aromatic heterocycles. The van der Waals surface area contributed by atoms with Crippen molar-refractivity contribution in [1.29, 1.82) is 0 Å². The first kappa shape index (κ1) is 22.9. The number of carbonyl (C=O) groups is 1. The van der Waals surface area contributed by atoms with Crippen LogP contribution in [0.15, 0.2) is 30.5 Å². The number of likely N-dealkylation sites (N-methyl/N-ethyl adjacent to an activating group) is 1. The van der Waals surface area contributed by atoms with E-state index in [0.29, 0.717) is 34.9 Å². The van der Waals surface area contributed by atoms with Crippen molar-refractivity contribution < 1.29 is 22.7 Å². The molecular formula is C23H23ClF3N5O2. The van der Waals surface area contributed by atoms with E-state index in [-0.39, 0.29) is 23.2 Å². The lowest BCUT2D eigenvalue weighted by Crippen LogP contribution is -2.35. The summed E-state index contributed by atoms with van der Waals surface area (Å²) in [5, 5.41) is 3.26. The number of nitrogens with zero attached hydrogens (tertiary/aromatic N) is 4. The number of alkyl halides is 3. The number of halogens is 4. The molecule has 0 unspecified atom stereocenters. The minimum Gasteiger partial charge on any atom is -0.482 e. The number of rotatable bonds is 3. The van der Waals surface area contributed by atoms with Crippen molar-refractivity contribution in [3.63, 3.8) is 0 Å². The first-order chi connectivity index (χ1) is 16.2. The predicted molar refractivity (Wildman–Crippen MR) is 122 cm³/mol. The van der Waals surface area contributed by atoms with Gasteiger partial charge in [0, 0.05) is 38.4 Å². The van der Waals surface area contributed by atoms with Crippen LogP contribution in [0.4, 0.5) is 18.9 Å². The van der Waals surface area contributed by atoms with Gasteiger partial charge in [-0.15, -0.1) is 0 Å². The average molecular weight is 494 g/mol. The Labute approximate surface area is 199 Å². The normalized spacial score (nSPS) is 17.6. The van der Waals surface area contributed by atoms with Crippen LogP contribution in [0.25, 0.3) is 16.9 Å². The summed E-state index contributed by atoms with van der Waals surface area (Å²) in [5.74, 6) is 0.377. The van der Waals surface area contributed by atoms with Crippen LogP contribution >= 0.6 is 11.6 Å². The third-order valence-electron chi connectivity index (χ3n) is 6.23. The molecular weight excluding hydrogens is 471 g/mol. The van der Waals surface area contributed by atoms with Crippen molar-refractivity contribution in [3.8, 4) is 17.0 Å². The van der Waals surface area contributed by atoms with E-state index in [1.807, 2.05) is 0 Å². The number of hydrogen-bond donors (Lipinski definition) is 1. The van der Waals surface area contributed by atoms with Crippen LogP contribution in [0.2, 0.25) is 5.02 Å². The van der Waals surface area contributed by atoms with Gasteiger partial charge in [-0.1, -0.05) is 11.6 Å². The van der Waals surface area contributed by atoms with Gasteiger partial charge < -0.3 is 19.4 Å². The van der Waals surface area contributed by atoms with Gasteiger partial charge in [0.1, 0.15) is 5.75 Å². The second-order valence-electron chi connectivity index (χ2n) is 8.48. The highest BCUT2D eigenvalue weighted by molar-refractivity contribution is 6.33. The number of aromatic nitrogens is 2. The molecule has 1 amide bonds. The van der Waals surface area contributed by atoms with E-state index >= 15 is 0 Å². The molecule has 1 aromatic carbocycles. The molecule has 5 rings (SSSR count). The number of anilines is 1. The van der Waals surface area contributed by atoms with Crippen molar-refractivity contribution in [3.05, 3.63) is 46.7 Å². The van der Waals surface area contributed by atoms with Gasteiger partial charge in [-0.2, -0.15) is 13.2 Å². The van der Waals surface area contributed by atoms with E-state index < -0.39 is 11.7 Å². The van der Waals surface area contributed by atoms with E-state index in [1.165, 1.54) is 9.30 Å². The molecule has 0 atom stereocenters. The lowest BCUT2D eigenvalue weighted by molar-refractivity contribution is -0.137. The Morgan fingerprint density at radius 2 is 2.03 bits per heavy atom. The fraction of sp³-hybridized carbons (Fsp3) is 0.391. The van der Waals surface area contributed by atoms with Gasteiger partial charge >= 0.3 is 6.18 Å². The Hall–Kier alpha value is -2.82. The van der Waals surface area contributed by atoms with Gasteiger partial charge in [0.15, 0.2) is 12.3 Å². The van der Waals surface area contributed by atoms with Crippen LogP contribution in [0, 0.1) is 0 Å². The van der Waals surface area contributed by atoms with E-state index in [9.17, 15) is 18.0 Å². The van der Waals surface area contributed by atoms with Gasteiger partial charge in [-0.05, 0) is 43.8 Å². The highest BCUT2D eigenvalue weighted by atomic mass is 35.5. The molecule has 0 aliphatic carbocycles. The van der Waals surface area contributed by atoms with Crippen LogP contribution in [0.3, 0.4) is 0 Å². The monoisotopic (exact) mass is 493 g/mol. The number of benzene rings is 1. The van der Waals surface area contributed by atoms with Crippen LogP contribution in [-0.2, 0) is 17.5 Å². The maximum Gasteiger partial charge on any atom is 0.417 e. The zero-order valence-corrected chi connectivity index (χ0v) is 19.2. The van der Waals surface area contributed by atoms with Crippen LogP contribution in [0.5, 0.6) is 5.75 Å². The van der Waals surface area contributed by atoms with E-state index in [4.69, 9.17) is 16.3 Å². The highest BCUT2D eigenvalue weighted by Gasteiger charge is 2.33. The number of imidazole rings is 1. The van der Waals surface area contributed by atoms with E-state index in [2.05, 4.69) is 15.2 Å². The number of amides is 1. The fourth-order valence-corrected chi connectivity index (χ4v) is 4.63. The van der Waals surface area contributed by atoms with Crippen LogP contribution < -0.4 is 15.0 Å². The SMILES string of the molecule is CN1C(=O)COc2ccc(-c3nc4c(Cl)cc(C(F)(F)F)cn4c3CN3CCCNCC3)cc21. The topological polar surface area (TPSA) is 62.1 Å². The largest absolute Gasteiger partial charge is 0.482 e. The molecule has 11 heteroatoms. The van der Waals surface area contributed by atoms with Crippen molar-refractivity contribution in [2.75, 3.05) is 44.7 Å². The van der Waals surface area contributed by atoms with Crippen molar-refractivity contribution in [1.82, 2.24) is 19.6 Å². The summed E-state index contributed by atoms with van der Waals surface area (Å²) in [4.78, 5) is 20.5. The summed E-state index contributed by atoms with van der Waals surface area (Å²) in [5.41, 5.74) is 1.80. The zero-order chi connectivity index (χ0) is 24.0. The van der Waals surface area contributed by atoms with Crippen LogP contribution in [-0.4, -0.2) is 60.0 Å². The van der Waals surface area contributed by atoms with Gasteiger partial charge in [0.25, 0.3) is 5.91 Å². The molecule has 3 aromatic rings. The quantitative estimate of drug-likeness (QED) is 0.601. The van der Waals surface area contributed by atoms with E-state index in [0.717, 1.165) is 44.9 Å². The molecule has 2 aliphatic heterocycles. The first-order valence-corrected chi connectivity index (χ1v) is 11.3. The van der Waals surface area contributed by atoms with Crippen LogP contribution in [0.1, 0.15) is 17.7 Å². The second-order valence-corrected chi connectivity index (χ2v) is 8.89. The smallest absolute Gasteiger partial charge is 0.417 e. The molecule has 7 nitrogen and oxygen atoms in total. The Morgan fingerprint density at radius 3 is 2.82 bits per heavy atom. The number of nitrogens with one attached hydrogen (secondary N) is 1. The molecule has 34 heavy (non-hydrogen) atoms. The summed E-state index contributed by atoms with van der Waals surface area (Å²) >= 11 is 6.29. The molecule has 0 radical (unpaired) electrons. The Bertz CT molecular complexity index is 1250. The minimum atomic E-state index is -4.54. The molecule has 1 fully saturated rings. The summed E-state index contributed by atoms with van der Waals surface area (Å²) in [6.07, 6.45) is -2.55. The zero-order valence-electron chi connectivity index (χ0n) is 18.5. The Balaban J connectivity index is 1.68. The number of fused-ring (bicyclic) bond motifs is 2. The summed E-state index contributed by atoms with van der Waals surface area (Å²) in [7, 11) is 1.66. The molecule has 0 saturated carbocycles. The first-order valence-electron chi connectivity index (χ1n) is 11.0. The van der Waals surface area contributed by atoms with Gasteiger partial charge in [0.05, 0.1) is 27.7 Å². The maximum absolute atomic E-state index is 13.6. The summed E-state index contributed by atoms with van der Waals surface area (Å²) in [6, 6.07) is 6.23. The number of pyridine rings is 1. The summed E-state index contributed by atoms with van der Waals surface area (Å²) in [6.45, 7) is 3.62. The standard InChI is InChI=1S/C23H23ClF3N5O2/c1-30-17-9-14(3-4-19(17)34-13-20(30)33)21-18(12-31-7-2-5-28-6-8-31)32-11-15(23(25,26)27)10-16(24)22(32)29-21/h3-4,9-11,28H,2,5-8,12-13H2,1H3. The van der Waals surface area contributed by atoms with Crippen molar-refractivity contribution in [2.24, 2.45) is 0 Å². The molecule has 0 bridgehead atoms. The Kier molecular flexibility index (Phi) is 5.91. The number of hydrogen-bond acceptors (Lipinski definition) is 5. The third-order valence-corrected chi connectivity index (χ3v) is 6.50. The minimum absolute atomic E-state index is 0.0404. The summed E-state index contributed by atoms with van der Waals surface area (Å²) < 4.78 is 47.7.